The Kier molecular flexibility index (Phi) is 4.90. The molecule has 1 aromatic rings. The number of fused-ring (bicyclic) bond motifs is 1. The third kappa shape index (κ3) is 3.14. The van der Waals surface area contributed by atoms with Gasteiger partial charge in [-0.25, -0.2) is 0 Å². The van der Waals surface area contributed by atoms with Crippen molar-refractivity contribution in [2.24, 2.45) is 5.92 Å². The van der Waals surface area contributed by atoms with Gasteiger partial charge in [-0.3, -0.25) is 0 Å². The van der Waals surface area contributed by atoms with E-state index in [9.17, 15) is 0 Å². The lowest BCUT2D eigenvalue weighted by Gasteiger charge is -2.35. The molecular formula is C18H27BrN2. The maximum atomic E-state index is 3.67. The van der Waals surface area contributed by atoms with Crippen molar-refractivity contribution >= 4 is 21.6 Å². The van der Waals surface area contributed by atoms with Crippen molar-refractivity contribution in [1.82, 2.24) is 5.32 Å². The van der Waals surface area contributed by atoms with Gasteiger partial charge in [0.25, 0.3) is 0 Å². The van der Waals surface area contributed by atoms with Crippen LogP contribution >= 0.6 is 15.9 Å². The molecule has 3 heteroatoms. The molecule has 3 rings (SSSR count). The Labute approximate surface area is 137 Å². The molecule has 21 heavy (non-hydrogen) atoms. The smallest absolute Gasteiger partial charge is 0.0428 e. The van der Waals surface area contributed by atoms with Crippen LogP contribution in [0.2, 0.25) is 0 Å². The highest BCUT2D eigenvalue weighted by Gasteiger charge is 2.36. The predicted molar refractivity (Wildman–Crippen MR) is 93.9 cm³/mol. The Hall–Kier alpha value is -0.540. The second-order valence-corrected chi connectivity index (χ2v) is 7.49. The Morgan fingerprint density at radius 1 is 1.29 bits per heavy atom. The van der Waals surface area contributed by atoms with Gasteiger partial charge in [0.2, 0.25) is 0 Å². The molecule has 1 saturated heterocycles. The van der Waals surface area contributed by atoms with Crippen molar-refractivity contribution < 1.29 is 0 Å². The number of hydrogen-bond donors (Lipinski definition) is 1. The first-order valence-electron chi connectivity index (χ1n) is 8.50. The zero-order valence-corrected chi connectivity index (χ0v) is 14.8. The van der Waals surface area contributed by atoms with Gasteiger partial charge in [0.1, 0.15) is 0 Å². The lowest BCUT2D eigenvalue weighted by atomic mass is 9.85. The number of benzene rings is 1. The van der Waals surface area contributed by atoms with Crippen LogP contribution in [0.25, 0.3) is 0 Å². The average Bonchev–Trinajstić information content (AvgIpc) is 2.91. The van der Waals surface area contributed by atoms with E-state index in [-0.39, 0.29) is 0 Å². The highest BCUT2D eigenvalue weighted by molar-refractivity contribution is 9.10. The minimum Gasteiger partial charge on any atom is -0.368 e. The van der Waals surface area contributed by atoms with Crippen LogP contribution in [0.4, 0.5) is 5.69 Å². The van der Waals surface area contributed by atoms with E-state index >= 15 is 0 Å². The van der Waals surface area contributed by atoms with E-state index in [0.29, 0.717) is 6.04 Å². The molecule has 1 saturated carbocycles. The van der Waals surface area contributed by atoms with E-state index in [1.54, 1.807) is 0 Å². The molecule has 0 amide bonds. The van der Waals surface area contributed by atoms with Crippen molar-refractivity contribution in [3.8, 4) is 0 Å². The minimum atomic E-state index is 0.417. The molecule has 1 aliphatic heterocycles. The molecule has 0 bridgehead atoms. The maximum Gasteiger partial charge on any atom is 0.0428 e. The summed E-state index contributed by atoms with van der Waals surface area (Å²) in [6.45, 7) is 6.72. The fraction of sp³-hybridized carbons (Fsp3) is 0.667. The van der Waals surface area contributed by atoms with Gasteiger partial charge < -0.3 is 10.2 Å². The van der Waals surface area contributed by atoms with Crippen LogP contribution in [-0.2, 0) is 0 Å². The molecule has 0 spiro atoms. The highest BCUT2D eigenvalue weighted by Crippen LogP contribution is 2.41. The van der Waals surface area contributed by atoms with E-state index in [2.05, 4.69) is 58.2 Å². The Balaban J connectivity index is 1.91. The Morgan fingerprint density at radius 3 is 2.90 bits per heavy atom. The fourth-order valence-electron chi connectivity index (χ4n) is 4.25. The van der Waals surface area contributed by atoms with Crippen molar-refractivity contribution in [3.05, 3.63) is 28.2 Å². The molecule has 2 fully saturated rings. The van der Waals surface area contributed by atoms with Crippen molar-refractivity contribution in [1.29, 1.82) is 0 Å². The van der Waals surface area contributed by atoms with Gasteiger partial charge in [-0.05, 0) is 56.3 Å². The SMILES string of the molecule is CCNC(C)c1ccc(Br)cc1N1CCC2CCCCC21. The number of halogens is 1. The Bertz CT molecular complexity index is 488. The monoisotopic (exact) mass is 350 g/mol. The molecule has 1 aliphatic carbocycles. The summed E-state index contributed by atoms with van der Waals surface area (Å²) in [6.07, 6.45) is 7.05. The van der Waals surface area contributed by atoms with Gasteiger partial charge in [0, 0.05) is 28.8 Å². The molecule has 0 radical (unpaired) electrons. The van der Waals surface area contributed by atoms with Gasteiger partial charge in [-0.1, -0.05) is 41.8 Å². The van der Waals surface area contributed by atoms with E-state index in [4.69, 9.17) is 0 Å². The van der Waals surface area contributed by atoms with E-state index < -0.39 is 0 Å². The van der Waals surface area contributed by atoms with Gasteiger partial charge in [-0.15, -0.1) is 0 Å². The zero-order valence-electron chi connectivity index (χ0n) is 13.2. The lowest BCUT2D eigenvalue weighted by Crippen LogP contribution is -2.36. The van der Waals surface area contributed by atoms with Crippen LogP contribution in [0.15, 0.2) is 22.7 Å². The molecule has 1 N–H and O–H groups in total. The predicted octanol–water partition coefficient (Wildman–Crippen LogP) is 4.89. The van der Waals surface area contributed by atoms with Crippen molar-refractivity contribution in [2.45, 2.75) is 58.0 Å². The van der Waals surface area contributed by atoms with E-state index in [0.717, 1.165) is 18.5 Å². The first-order chi connectivity index (χ1) is 10.2. The summed E-state index contributed by atoms with van der Waals surface area (Å²) in [5.41, 5.74) is 2.90. The topological polar surface area (TPSA) is 15.3 Å². The quantitative estimate of drug-likeness (QED) is 0.831. The normalized spacial score (nSPS) is 26.7. The molecule has 116 valence electrons. The summed E-state index contributed by atoms with van der Waals surface area (Å²) in [5.74, 6) is 0.931. The second-order valence-electron chi connectivity index (χ2n) is 6.58. The standard InChI is InChI=1S/C18H27BrN2/c1-3-20-13(2)16-9-8-15(19)12-18(16)21-11-10-14-6-4-5-7-17(14)21/h8-9,12-14,17,20H,3-7,10-11H2,1-2H3. The van der Waals surface area contributed by atoms with E-state index in [1.807, 2.05) is 0 Å². The molecule has 1 aromatic carbocycles. The largest absolute Gasteiger partial charge is 0.368 e. The van der Waals surface area contributed by atoms with Crippen LogP contribution < -0.4 is 10.2 Å². The summed E-state index contributed by atoms with van der Waals surface area (Å²) in [5, 5.41) is 3.58. The van der Waals surface area contributed by atoms with Crippen LogP contribution in [0.3, 0.4) is 0 Å². The van der Waals surface area contributed by atoms with Crippen LogP contribution in [0.5, 0.6) is 0 Å². The second kappa shape index (κ2) is 6.70. The average molecular weight is 351 g/mol. The minimum absolute atomic E-state index is 0.417. The van der Waals surface area contributed by atoms with Crippen molar-refractivity contribution in [2.75, 3.05) is 18.0 Å². The summed E-state index contributed by atoms with van der Waals surface area (Å²) in [4.78, 5) is 2.71. The molecule has 0 aromatic heterocycles. The molecule has 2 aliphatic rings. The molecule has 1 heterocycles. The Morgan fingerprint density at radius 2 is 2.10 bits per heavy atom. The fourth-order valence-corrected chi connectivity index (χ4v) is 4.60. The van der Waals surface area contributed by atoms with Crippen LogP contribution in [0.1, 0.15) is 57.6 Å². The maximum absolute atomic E-state index is 3.67. The van der Waals surface area contributed by atoms with Crippen LogP contribution in [0, 0.1) is 5.92 Å². The number of rotatable bonds is 4. The summed E-state index contributed by atoms with van der Waals surface area (Å²) in [7, 11) is 0. The first kappa shape index (κ1) is 15.4. The third-order valence-electron chi connectivity index (χ3n) is 5.29. The molecule has 3 atom stereocenters. The zero-order chi connectivity index (χ0) is 14.8. The van der Waals surface area contributed by atoms with Crippen molar-refractivity contribution in [3.63, 3.8) is 0 Å². The number of nitrogens with one attached hydrogen (secondary N) is 1. The lowest BCUT2D eigenvalue weighted by molar-refractivity contribution is 0.342. The first-order valence-corrected chi connectivity index (χ1v) is 9.29. The summed E-state index contributed by atoms with van der Waals surface area (Å²) < 4.78 is 1.20. The molecule has 2 nitrogen and oxygen atoms in total. The number of nitrogens with zero attached hydrogens (tertiary/aromatic N) is 1. The molecule has 3 unspecified atom stereocenters. The number of hydrogen-bond acceptors (Lipinski definition) is 2. The summed E-state index contributed by atoms with van der Waals surface area (Å²) in [6, 6.07) is 8.01. The van der Waals surface area contributed by atoms with Gasteiger partial charge in [-0.2, -0.15) is 0 Å². The molecular weight excluding hydrogens is 324 g/mol. The highest BCUT2D eigenvalue weighted by atomic mass is 79.9. The van der Waals surface area contributed by atoms with Gasteiger partial charge in [0.15, 0.2) is 0 Å². The van der Waals surface area contributed by atoms with E-state index in [1.165, 1.54) is 54.4 Å². The summed E-state index contributed by atoms with van der Waals surface area (Å²) >= 11 is 3.67. The number of anilines is 1. The van der Waals surface area contributed by atoms with Crippen LogP contribution in [-0.4, -0.2) is 19.1 Å². The third-order valence-corrected chi connectivity index (χ3v) is 5.78. The van der Waals surface area contributed by atoms with Gasteiger partial charge in [0.05, 0.1) is 0 Å². The van der Waals surface area contributed by atoms with Gasteiger partial charge >= 0.3 is 0 Å².